The molecule has 0 bridgehead atoms. The highest BCUT2D eigenvalue weighted by atomic mass is 32.2. The molecule has 2 aliphatic heterocycles. The average molecular weight is 389 g/mol. The van der Waals surface area contributed by atoms with Crippen LogP contribution in [0.3, 0.4) is 0 Å². The summed E-state index contributed by atoms with van der Waals surface area (Å²) in [6.07, 6.45) is -0.574. The maximum atomic E-state index is 12.6. The molecule has 3 heterocycles. The molecule has 2 fully saturated rings. The van der Waals surface area contributed by atoms with Crippen molar-refractivity contribution in [2.24, 2.45) is 0 Å². The molecule has 0 amide bonds. The molecule has 2 N–H and O–H groups in total. The third kappa shape index (κ3) is 4.86. The van der Waals surface area contributed by atoms with Crippen molar-refractivity contribution < 1.29 is 19.7 Å². The first-order valence-electron chi connectivity index (χ1n) is 8.55. The van der Waals surface area contributed by atoms with E-state index in [1.807, 2.05) is 0 Å². The number of aliphatic hydroxyl groups is 2. The van der Waals surface area contributed by atoms with Gasteiger partial charge in [-0.15, -0.1) is 0 Å². The fourth-order valence-corrected chi connectivity index (χ4v) is 3.41. The molecular formula is C15H23N3O7S. The van der Waals surface area contributed by atoms with Gasteiger partial charge in [-0.3, -0.25) is 0 Å². The van der Waals surface area contributed by atoms with Gasteiger partial charge in [0.05, 0.1) is 51.2 Å². The van der Waals surface area contributed by atoms with Crippen molar-refractivity contribution in [1.82, 2.24) is 13.7 Å². The van der Waals surface area contributed by atoms with Gasteiger partial charge in [-0.2, -0.15) is 11.8 Å². The van der Waals surface area contributed by atoms with E-state index in [1.54, 1.807) is 0 Å². The van der Waals surface area contributed by atoms with E-state index in [-0.39, 0.29) is 38.4 Å². The fourth-order valence-electron chi connectivity index (χ4n) is 2.54. The molecule has 26 heavy (non-hydrogen) atoms. The van der Waals surface area contributed by atoms with Gasteiger partial charge in [0.2, 0.25) is 0 Å². The average Bonchev–Trinajstić information content (AvgIpc) is 3.53. The number of hydrogen-bond acceptors (Lipinski definition) is 8. The van der Waals surface area contributed by atoms with E-state index in [2.05, 4.69) is 0 Å². The monoisotopic (exact) mass is 389 g/mol. The summed E-state index contributed by atoms with van der Waals surface area (Å²) in [7, 11) is 0. The van der Waals surface area contributed by atoms with Crippen molar-refractivity contribution >= 4 is 11.8 Å². The van der Waals surface area contributed by atoms with E-state index >= 15 is 0 Å². The summed E-state index contributed by atoms with van der Waals surface area (Å²) in [5.74, 6) is 0.993. The van der Waals surface area contributed by atoms with E-state index < -0.39 is 23.2 Å². The number of aliphatic hydroxyl groups excluding tert-OH is 2. The van der Waals surface area contributed by atoms with Gasteiger partial charge in [0.15, 0.2) is 0 Å². The molecule has 0 aromatic carbocycles. The lowest BCUT2D eigenvalue weighted by Gasteiger charge is -2.13. The van der Waals surface area contributed by atoms with Crippen molar-refractivity contribution in [2.75, 3.05) is 31.3 Å². The van der Waals surface area contributed by atoms with Crippen LogP contribution in [0.1, 0.15) is 6.42 Å². The lowest BCUT2D eigenvalue weighted by molar-refractivity contribution is 0.113. The zero-order chi connectivity index (χ0) is 18.7. The molecule has 0 aliphatic carbocycles. The third-order valence-corrected chi connectivity index (χ3v) is 5.35. The summed E-state index contributed by atoms with van der Waals surface area (Å²) in [5.41, 5.74) is -1.87. The smallest absolute Gasteiger partial charge is 0.336 e. The van der Waals surface area contributed by atoms with Crippen molar-refractivity contribution in [3.63, 3.8) is 0 Å². The number of rotatable bonds is 11. The number of thioether (sulfide) groups is 1. The van der Waals surface area contributed by atoms with Gasteiger partial charge >= 0.3 is 17.1 Å². The quantitative estimate of drug-likeness (QED) is 0.312. The molecule has 1 aromatic rings. The normalized spacial score (nSPS) is 22.4. The van der Waals surface area contributed by atoms with Crippen LogP contribution in [0.15, 0.2) is 14.4 Å². The summed E-state index contributed by atoms with van der Waals surface area (Å²) >= 11 is 1.43. The minimum Gasteiger partial charge on any atom is -0.394 e. The largest absolute Gasteiger partial charge is 0.394 e. The Morgan fingerprint density at radius 1 is 1.00 bits per heavy atom. The standard InChI is InChI=1S/C15H23N3O7S/c19-6-10(20)9-26-3-1-2-16-13(21)17(4-11-7-24-11)15(23)18(14(16)22)5-12-8-25-12/h10-12,19-20H,1-9H2. The van der Waals surface area contributed by atoms with Crippen LogP contribution in [0.4, 0.5) is 0 Å². The van der Waals surface area contributed by atoms with E-state index in [1.165, 1.54) is 11.8 Å². The summed E-state index contributed by atoms with van der Waals surface area (Å²) in [4.78, 5) is 37.7. The number of ether oxygens (including phenoxy) is 2. The Kier molecular flexibility index (Phi) is 6.35. The first kappa shape index (κ1) is 19.4. The maximum Gasteiger partial charge on any atom is 0.336 e. The minimum absolute atomic E-state index is 0.140. The van der Waals surface area contributed by atoms with Crippen LogP contribution in [0, 0.1) is 0 Å². The Labute approximate surface area is 153 Å². The summed E-state index contributed by atoms with van der Waals surface area (Å²) in [5, 5.41) is 18.1. The van der Waals surface area contributed by atoms with Crippen LogP contribution in [0.2, 0.25) is 0 Å². The van der Waals surface area contributed by atoms with Gasteiger partial charge in [0.1, 0.15) is 0 Å². The van der Waals surface area contributed by atoms with E-state index in [9.17, 15) is 19.5 Å². The molecule has 146 valence electrons. The SMILES string of the molecule is O=c1n(CCCSCC(O)CO)c(=O)n(CC2CO2)c(=O)n1CC1CO1. The van der Waals surface area contributed by atoms with Gasteiger partial charge in [0, 0.05) is 12.3 Å². The first-order chi connectivity index (χ1) is 12.5. The highest BCUT2D eigenvalue weighted by Crippen LogP contribution is 2.11. The third-order valence-electron chi connectivity index (χ3n) is 4.15. The number of epoxide rings is 2. The fraction of sp³-hybridized carbons (Fsp3) is 0.800. The molecule has 2 aliphatic rings. The van der Waals surface area contributed by atoms with Crippen LogP contribution in [-0.2, 0) is 29.1 Å². The molecule has 0 saturated carbocycles. The van der Waals surface area contributed by atoms with Crippen LogP contribution >= 0.6 is 11.8 Å². The van der Waals surface area contributed by atoms with Gasteiger partial charge in [-0.05, 0) is 12.2 Å². The Hall–Kier alpha value is -1.40. The zero-order valence-corrected chi connectivity index (χ0v) is 15.1. The van der Waals surface area contributed by atoms with Gasteiger partial charge in [0.25, 0.3) is 0 Å². The molecule has 3 rings (SSSR count). The number of nitrogens with zero attached hydrogens (tertiary/aromatic N) is 3. The van der Waals surface area contributed by atoms with Crippen LogP contribution in [-0.4, -0.2) is 73.6 Å². The maximum absolute atomic E-state index is 12.6. The molecule has 0 spiro atoms. The Morgan fingerprint density at radius 3 is 1.96 bits per heavy atom. The van der Waals surface area contributed by atoms with E-state index in [4.69, 9.17) is 14.6 Å². The van der Waals surface area contributed by atoms with Crippen LogP contribution in [0.25, 0.3) is 0 Å². The Bertz CT molecular complexity index is 742. The number of hydrogen-bond donors (Lipinski definition) is 2. The van der Waals surface area contributed by atoms with Crippen molar-refractivity contribution in [2.45, 2.75) is 44.4 Å². The molecular weight excluding hydrogens is 366 g/mol. The van der Waals surface area contributed by atoms with E-state index in [0.29, 0.717) is 31.1 Å². The first-order valence-corrected chi connectivity index (χ1v) is 9.71. The van der Waals surface area contributed by atoms with Crippen LogP contribution in [0.5, 0.6) is 0 Å². The van der Waals surface area contributed by atoms with Crippen molar-refractivity contribution in [3.8, 4) is 0 Å². The number of aromatic nitrogens is 3. The Balaban J connectivity index is 1.75. The summed E-state index contributed by atoms with van der Waals surface area (Å²) in [6, 6.07) is 0. The lowest BCUT2D eigenvalue weighted by atomic mass is 10.4. The molecule has 3 atom stereocenters. The highest BCUT2D eigenvalue weighted by Gasteiger charge is 2.29. The molecule has 11 heteroatoms. The summed E-state index contributed by atoms with van der Waals surface area (Å²) < 4.78 is 13.4. The van der Waals surface area contributed by atoms with Crippen LogP contribution < -0.4 is 17.1 Å². The molecule has 10 nitrogen and oxygen atoms in total. The van der Waals surface area contributed by atoms with Crippen molar-refractivity contribution in [3.05, 3.63) is 31.5 Å². The predicted molar refractivity (Wildman–Crippen MR) is 93.7 cm³/mol. The minimum atomic E-state index is -0.779. The second-order valence-electron chi connectivity index (χ2n) is 6.40. The lowest BCUT2D eigenvalue weighted by Crippen LogP contribution is -2.55. The second kappa shape index (κ2) is 8.53. The molecule has 3 unspecified atom stereocenters. The van der Waals surface area contributed by atoms with E-state index in [0.717, 1.165) is 13.7 Å². The van der Waals surface area contributed by atoms with Gasteiger partial charge in [-0.25, -0.2) is 28.1 Å². The topological polar surface area (TPSA) is 132 Å². The highest BCUT2D eigenvalue weighted by molar-refractivity contribution is 7.99. The predicted octanol–water partition coefficient (Wildman–Crippen LogP) is -2.55. The molecule has 0 radical (unpaired) electrons. The van der Waals surface area contributed by atoms with Gasteiger partial charge < -0.3 is 19.7 Å². The Morgan fingerprint density at radius 2 is 1.50 bits per heavy atom. The van der Waals surface area contributed by atoms with Crippen molar-refractivity contribution in [1.29, 1.82) is 0 Å². The second-order valence-corrected chi connectivity index (χ2v) is 7.55. The summed E-state index contributed by atoms with van der Waals surface area (Å²) in [6.45, 7) is 1.16. The molecule has 2 saturated heterocycles. The molecule has 1 aromatic heterocycles. The zero-order valence-electron chi connectivity index (χ0n) is 14.3. The van der Waals surface area contributed by atoms with Gasteiger partial charge in [-0.1, -0.05) is 0 Å².